The maximum absolute atomic E-state index is 12.6. The topological polar surface area (TPSA) is 98.4 Å². The molecule has 2 aromatic heterocycles. The van der Waals surface area contributed by atoms with Crippen LogP contribution in [0, 0.1) is 13.8 Å². The molecular weight excluding hydrogens is 348 g/mol. The predicted octanol–water partition coefficient (Wildman–Crippen LogP) is 2.89. The number of ketones is 1. The number of nitrogens with one attached hydrogen (secondary N) is 1. The minimum Gasteiger partial charge on any atom is -0.465 e. The van der Waals surface area contributed by atoms with Crippen molar-refractivity contribution < 1.29 is 23.9 Å². The van der Waals surface area contributed by atoms with Gasteiger partial charge < -0.3 is 14.5 Å². The molecule has 0 aliphatic heterocycles. The second-order valence-corrected chi connectivity index (χ2v) is 5.79. The molecule has 0 unspecified atom stereocenters. The Morgan fingerprint density at radius 3 is 2.44 bits per heavy atom. The summed E-state index contributed by atoms with van der Waals surface area (Å²) >= 11 is 5.67. The maximum Gasteiger partial charge on any atom is 0.340 e. The molecule has 0 aliphatic carbocycles. The highest BCUT2D eigenvalue weighted by Gasteiger charge is 2.27. The summed E-state index contributed by atoms with van der Waals surface area (Å²) in [5.41, 5.74) is 1.64. The van der Waals surface area contributed by atoms with Crippen LogP contribution in [0.4, 0.5) is 0 Å². The first-order chi connectivity index (χ1) is 11.8. The van der Waals surface area contributed by atoms with Gasteiger partial charge in [-0.1, -0.05) is 11.6 Å². The maximum atomic E-state index is 12.6. The Bertz CT molecular complexity index is 826. The summed E-state index contributed by atoms with van der Waals surface area (Å²) < 4.78 is 9.89. The number of esters is 2. The fourth-order valence-electron chi connectivity index (χ4n) is 2.39. The monoisotopic (exact) mass is 364 g/mol. The van der Waals surface area contributed by atoms with Gasteiger partial charge in [-0.3, -0.25) is 4.79 Å². The summed E-state index contributed by atoms with van der Waals surface area (Å²) in [6.45, 7) is 4.74. The van der Waals surface area contributed by atoms with Crippen LogP contribution >= 0.6 is 11.6 Å². The van der Waals surface area contributed by atoms with E-state index in [1.54, 1.807) is 13.8 Å². The number of nitrogens with zero attached hydrogens (tertiary/aromatic N) is 1. The molecular formula is C17H17ClN2O5. The molecule has 0 aliphatic rings. The van der Waals surface area contributed by atoms with Crippen molar-refractivity contribution in [3.05, 3.63) is 51.6 Å². The van der Waals surface area contributed by atoms with Crippen molar-refractivity contribution in [2.75, 3.05) is 7.11 Å². The van der Waals surface area contributed by atoms with E-state index in [1.165, 1.54) is 32.4 Å². The number of aromatic nitrogens is 2. The van der Waals surface area contributed by atoms with E-state index in [0.717, 1.165) is 0 Å². The average molecular weight is 365 g/mol. The molecule has 2 aromatic rings. The van der Waals surface area contributed by atoms with Crippen molar-refractivity contribution in [2.24, 2.45) is 0 Å². The molecule has 2 heterocycles. The smallest absolute Gasteiger partial charge is 0.340 e. The predicted molar refractivity (Wildman–Crippen MR) is 90.1 cm³/mol. The Kier molecular flexibility index (Phi) is 5.58. The second-order valence-electron chi connectivity index (χ2n) is 5.40. The average Bonchev–Trinajstić information content (AvgIpc) is 2.88. The highest BCUT2D eigenvalue weighted by Crippen LogP contribution is 2.21. The van der Waals surface area contributed by atoms with Crippen LogP contribution in [0.5, 0.6) is 0 Å². The fourth-order valence-corrected chi connectivity index (χ4v) is 2.50. The van der Waals surface area contributed by atoms with E-state index in [2.05, 4.69) is 9.97 Å². The lowest BCUT2D eigenvalue weighted by molar-refractivity contribution is 0.0316. The Hall–Kier alpha value is -2.67. The zero-order chi connectivity index (χ0) is 18.7. The molecule has 25 heavy (non-hydrogen) atoms. The third kappa shape index (κ3) is 3.88. The number of pyridine rings is 1. The zero-order valence-electron chi connectivity index (χ0n) is 14.2. The molecule has 8 heteroatoms. The van der Waals surface area contributed by atoms with Crippen LogP contribution in [0.1, 0.15) is 49.4 Å². The van der Waals surface area contributed by atoms with Crippen LogP contribution in [0.3, 0.4) is 0 Å². The minimum absolute atomic E-state index is 0.179. The van der Waals surface area contributed by atoms with E-state index in [1.807, 2.05) is 0 Å². The van der Waals surface area contributed by atoms with E-state index in [4.69, 9.17) is 21.1 Å². The number of hydrogen-bond donors (Lipinski definition) is 1. The van der Waals surface area contributed by atoms with Gasteiger partial charge in [0.25, 0.3) is 0 Å². The first-order valence-electron chi connectivity index (χ1n) is 7.40. The van der Waals surface area contributed by atoms with Gasteiger partial charge in [0.1, 0.15) is 5.15 Å². The standard InChI is InChI=1S/C17H17ClN2O5/c1-8-13(17(23)24-4)9(2)20-14(8)15(21)10(3)25-16(22)11-5-6-12(18)19-7-11/h5-7,10,20H,1-4H3/t10-/m0/s1. The number of hydrogen-bond acceptors (Lipinski definition) is 6. The van der Waals surface area contributed by atoms with Crippen LogP contribution in [0.15, 0.2) is 18.3 Å². The number of carbonyl (C=O) groups excluding carboxylic acids is 3. The molecule has 0 spiro atoms. The summed E-state index contributed by atoms with van der Waals surface area (Å²) in [4.78, 5) is 43.1. The van der Waals surface area contributed by atoms with Crippen molar-refractivity contribution in [3.8, 4) is 0 Å². The molecule has 1 atom stereocenters. The number of rotatable bonds is 5. The van der Waals surface area contributed by atoms with Gasteiger partial charge in [0.05, 0.1) is 23.9 Å². The van der Waals surface area contributed by atoms with E-state index in [-0.39, 0.29) is 16.4 Å². The van der Waals surface area contributed by atoms with Crippen molar-refractivity contribution in [2.45, 2.75) is 26.9 Å². The van der Waals surface area contributed by atoms with Gasteiger partial charge in [-0.15, -0.1) is 0 Å². The van der Waals surface area contributed by atoms with Crippen LogP contribution < -0.4 is 0 Å². The number of carbonyl (C=O) groups is 3. The summed E-state index contributed by atoms with van der Waals surface area (Å²) in [7, 11) is 1.26. The molecule has 2 rings (SSSR count). The third-order valence-corrected chi connectivity index (χ3v) is 3.91. The normalized spacial score (nSPS) is 11.7. The Morgan fingerprint density at radius 1 is 1.20 bits per heavy atom. The Balaban J connectivity index is 2.19. The minimum atomic E-state index is -1.05. The van der Waals surface area contributed by atoms with Crippen molar-refractivity contribution in [1.82, 2.24) is 9.97 Å². The van der Waals surface area contributed by atoms with Crippen LogP contribution in [-0.4, -0.2) is 40.9 Å². The number of H-pyrrole nitrogens is 1. The SMILES string of the molecule is COC(=O)c1c(C)[nH]c(C(=O)[C@H](C)OC(=O)c2ccc(Cl)nc2)c1C. The Labute approximate surface area is 149 Å². The summed E-state index contributed by atoms with van der Waals surface area (Å²) in [5, 5.41) is 0.244. The third-order valence-electron chi connectivity index (χ3n) is 3.69. The molecule has 7 nitrogen and oxygen atoms in total. The largest absolute Gasteiger partial charge is 0.465 e. The lowest BCUT2D eigenvalue weighted by Gasteiger charge is -2.12. The highest BCUT2D eigenvalue weighted by molar-refractivity contribution is 6.29. The van der Waals surface area contributed by atoms with Crippen molar-refractivity contribution >= 4 is 29.3 Å². The fraction of sp³-hybridized carbons (Fsp3) is 0.294. The van der Waals surface area contributed by atoms with E-state index >= 15 is 0 Å². The van der Waals surface area contributed by atoms with Crippen LogP contribution in [0.2, 0.25) is 5.15 Å². The van der Waals surface area contributed by atoms with Gasteiger partial charge in [0.15, 0.2) is 6.10 Å². The molecule has 0 fully saturated rings. The number of aromatic amines is 1. The highest BCUT2D eigenvalue weighted by atomic mass is 35.5. The van der Waals surface area contributed by atoms with Gasteiger partial charge in [0.2, 0.25) is 5.78 Å². The van der Waals surface area contributed by atoms with Crippen molar-refractivity contribution in [1.29, 1.82) is 0 Å². The van der Waals surface area contributed by atoms with Gasteiger partial charge in [-0.2, -0.15) is 0 Å². The number of ether oxygens (including phenoxy) is 2. The molecule has 1 N–H and O–H groups in total. The number of halogens is 1. The van der Waals surface area contributed by atoms with Gasteiger partial charge in [0, 0.05) is 11.9 Å². The summed E-state index contributed by atoms with van der Waals surface area (Å²) in [6.07, 6.45) is 0.215. The number of Topliss-reactive ketones (excluding diaryl/α,β-unsaturated/α-hetero) is 1. The molecule has 0 radical (unpaired) electrons. The Morgan fingerprint density at radius 2 is 1.88 bits per heavy atom. The molecule has 0 saturated heterocycles. The van der Waals surface area contributed by atoms with E-state index in [9.17, 15) is 14.4 Å². The molecule has 0 bridgehead atoms. The quantitative estimate of drug-likeness (QED) is 0.497. The lowest BCUT2D eigenvalue weighted by atomic mass is 10.1. The second kappa shape index (κ2) is 7.48. The number of methoxy groups -OCH3 is 1. The van der Waals surface area contributed by atoms with Gasteiger partial charge >= 0.3 is 11.9 Å². The summed E-state index contributed by atoms with van der Waals surface area (Å²) in [5.74, 6) is -1.69. The zero-order valence-corrected chi connectivity index (χ0v) is 14.9. The van der Waals surface area contributed by atoms with E-state index in [0.29, 0.717) is 16.8 Å². The van der Waals surface area contributed by atoms with Gasteiger partial charge in [-0.25, -0.2) is 14.6 Å². The molecule has 0 aromatic carbocycles. The molecule has 0 saturated carbocycles. The van der Waals surface area contributed by atoms with Crippen LogP contribution in [-0.2, 0) is 9.47 Å². The lowest BCUT2D eigenvalue weighted by Crippen LogP contribution is -2.25. The van der Waals surface area contributed by atoms with Crippen LogP contribution in [0.25, 0.3) is 0 Å². The molecule has 132 valence electrons. The molecule has 0 amide bonds. The summed E-state index contributed by atoms with van der Waals surface area (Å²) in [6, 6.07) is 2.90. The van der Waals surface area contributed by atoms with Crippen molar-refractivity contribution in [3.63, 3.8) is 0 Å². The van der Waals surface area contributed by atoms with Gasteiger partial charge in [-0.05, 0) is 38.5 Å². The van der Waals surface area contributed by atoms with E-state index < -0.39 is 23.8 Å². The first kappa shape index (κ1) is 18.7. The number of aryl methyl sites for hydroxylation is 1. The first-order valence-corrected chi connectivity index (χ1v) is 7.78.